The molecule has 0 spiro atoms. The summed E-state index contributed by atoms with van der Waals surface area (Å²) in [4.78, 5) is 11.3. The second-order valence-corrected chi connectivity index (χ2v) is 7.18. The molecular formula is C20H21N3O2S. The van der Waals surface area contributed by atoms with Gasteiger partial charge in [-0.15, -0.1) is 11.3 Å². The molecule has 0 radical (unpaired) electrons. The summed E-state index contributed by atoms with van der Waals surface area (Å²) >= 11 is 1.68. The molecule has 0 saturated carbocycles. The van der Waals surface area contributed by atoms with E-state index in [1.807, 2.05) is 24.3 Å². The van der Waals surface area contributed by atoms with Crippen LogP contribution in [0.3, 0.4) is 0 Å². The topological polar surface area (TPSA) is 47.5 Å². The molecule has 26 heavy (non-hydrogen) atoms. The number of benzene rings is 1. The fourth-order valence-electron chi connectivity index (χ4n) is 3.12. The molecule has 1 aliphatic rings. The predicted molar refractivity (Wildman–Crippen MR) is 103 cm³/mol. The predicted octanol–water partition coefficient (Wildman–Crippen LogP) is 3.87. The highest BCUT2D eigenvalue weighted by molar-refractivity contribution is 7.13. The van der Waals surface area contributed by atoms with Gasteiger partial charge >= 0.3 is 0 Å². The molecule has 1 fully saturated rings. The quantitative estimate of drug-likeness (QED) is 0.662. The molecule has 0 N–H and O–H groups in total. The highest BCUT2D eigenvalue weighted by Gasteiger charge is 2.24. The third-order valence-corrected chi connectivity index (χ3v) is 5.38. The number of hydrogen-bond acceptors (Lipinski definition) is 6. The number of hydrogen-bond donors (Lipinski definition) is 0. The molecule has 3 aromatic rings. The van der Waals surface area contributed by atoms with Gasteiger partial charge < -0.3 is 9.47 Å². The maximum absolute atomic E-state index is 6.01. The van der Waals surface area contributed by atoms with Crippen LogP contribution in [0.15, 0.2) is 54.2 Å². The summed E-state index contributed by atoms with van der Waals surface area (Å²) in [6.45, 7) is 2.81. The van der Waals surface area contributed by atoms with E-state index in [2.05, 4.69) is 27.4 Å². The SMILES string of the molecule is COc1ccc(-c2nc(CN3CCC(Oc4cccnc4)C3)cs2)cc1. The van der Waals surface area contributed by atoms with Crippen molar-refractivity contribution in [2.24, 2.45) is 0 Å². The number of thiazole rings is 1. The Hall–Kier alpha value is -2.44. The van der Waals surface area contributed by atoms with E-state index in [9.17, 15) is 0 Å². The largest absolute Gasteiger partial charge is 0.497 e. The summed E-state index contributed by atoms with van der Waals surface area (Å²) in [6.07, 6.45) is 4.78. The molecule has 2 aromatic heterocycles. The number of rotatable bonds is 6. The van der Waals surface area contributed by atoms with Crippen molar-refractivity contribution in [2.45, 2.75) is 19.1 Å². The standard InChI is InChI=1S/C20H21N3O2S/c1-24-17-6-4-15(5-7-17)20-22-16(14-26-20)12-23-10-8-19(13-23)25-18-3-2-9-21-11-18/h2-7,9,11,14,19H,8,10,12-13H2,1H3. The number of pyridine rings is 1. The molecule has 6 heteroatoms. The third-order valence-electron chi connectivity index (χ3n) is 4.44. The monoisotopic (exact) mass is 367 g/mol. The van der Waals surface area contributed by atoms with Crippen molar-refractivity contribution >= 4 is 11.3 Å². The van der Waals surface area contributed by atoms with Gasteiger partial charge in [0.05, 0.1) is 19.0 Å². The Morgan fingerprint density at radius 3 is 2.85 bits per heavy atom. The average molecular weight is 367 g/mol. The van der Waals surface area contributed by atoms with Crippen molar-refractivity contribution in [1.29, 1.82) is 0 Å². The molecule has 1 saturated heterocycles. The van der Waals surface area contributed by atoms with Gasteiger partial charge in [-0.1, -0.05) is 0 Å². The lowest BCUT2D eigenvalue weighted by Gasteiger charge is -2.15. The maximum Gasteiger partial charge on any atom is 0.138 e. The summed E-state index contributed by atoms with van der Waals surface area (Å²) in [5.74, 6) is 1.71. The fraction of sp³-hybridized carbons (Fsp3) is 0.300. The van der Waals surface area contributed by atoms with E-state index >= 15 is 0 Å². The Morgan fingerprint density at radius 2 is 2.08 bits per heavy atom. The molecule has 0 bridgehead atoms. The maximum atomic E-state index is 6.01. The van der Waals surface area contributed by atoms with Crippen molar-refractivity contribution in [1.82, 2.24) is 14.9 Å². The molecule has 5 nitrogen and oxygen atoms in total. The van der Waals surface area contributed by atoms with Crippen LogP contribution in [-0.4, -0.2) is 41.2 Å². The summed E-state index contributed by atoms with van der Waals surface area (Å²) in [7, 11) is 1.68. The number of nitrogens with zero attached hydrogens (tertiary/aromatic N) is 3. The van der Waals surface area contributed by atoms with Crippen LogP contribution in [0.4, 0.5) is 0 Å². The Kier molecular flexibility index (Phi) is 5.13. The first kappa shape index (κ1) is 17.0. The number of likely N-dealkylation sites (tertiary alicyclic amines) is 1. The summed E-state index contributed by atoms with van der Waals surface area (Å²) in [5, 5.41) is 3.19. The zero-order chi connectivity index (χ0) is 17.8. The first-order chi connectivity index (χ1) is 12.8. The molecular weight excluding hydrogens is 346 g/mol. The first-order valence-electron chi connectivity index (χ1n) is 8.68. The molecule has 3 heterocycles. The van der Waals surface area contributed by atoms with Gasteiger partial charge in [-0.2, -0.15) is 0 Å². The molecule has 0 amide bonds. The Morgan fingerprint density at radius 1 is 1.19 bits per heavy atom. The highest BCUT2D eigenvalue weighted by Crippen LogP contribution is 2.27. The second-order valence-electron chi connectivity index (χ2n) is 6.32. The van der Waals surface area contributed by atoms with Crippen molar-refractivity contribution < 1.29 is 9.47 Å². The molecule has 1 aliphatic heterocycles. The van der Waals surface area contributed by atoms with Gasteiger partial charge in [-0.05, 0) is 42.8 Å². The lowest BCUT2D eigenvalue weighted by atomic mass is 10.2. The van der Waals surface area contributed by atoms with Crippen molar-refractivity contribution in [3.05, 3.63) is 59.9 Å². The first-order valence-corrected chi connectivity index (χ1v) is 9.56. The average Bonchev–Trinajstić information content (AvgIpc) is 3.33. The lowest BCUT2D eigenvalue weighted by molar-refractivity contribution is 0.197. The van der Waals surface area contributed by atoms with Crippen LogP contribution in [0.1, 0.15) is 12.1 Å². The van der Waals surface area contributed by atoms with Crippen LogP contribution in [0.25, 0.3) is 10.6 Å². The van der Waals surface area contributed by atoms with Crippen LogP contribution < -0.4 is 9.47 Å². The normalized spacial score (nSPS) is 17.3. The van der Waals surface area contributed by atoms with E-state index in [0.717, 1.165) is 53.8 Å². The van der Waals surface area contributed by atoms with Crippen LogP contribution in [0.2, 0.25) is 0 Å². The molecule has 1 aromatic carbocycles. The summed E-state index contributed by atoms with van der Waals surface area (Å²) in [6, 6.07) is 11.9. The zero-order valence-electron chi connectivity index (χ0n) is 14.7. The van der Waals surface area contributed by atoms with Gasteiger partial charge in [0.25, 0.3) is 0 Å². The number of methoxy groups -OCH3 is 1. The van der Waals surface area contributed by atoms with Crippen molar-refractivity contribution in [2.75, 3.05) is 20.2 Å². The van der Waals surface area contributed by atoms with E-state index in [1.165, 1.54) is 0 Å². The van der Waals surface area contributed by atoms with E-state index < -0.39 is 0 Å². The van der Waals surface area contributed by atoms with Gasteiger partial charge in [-0.25, -0.2) is 4.98 Å². The molecule has 1 unspecified atom stereocenters. The van der Waals surface area contributed by atoms with Crippen LogP contribution in [0, 0.1) is 0 Å². The zero-order valence-corrected chi connectivity index (χ0v) is 15.5. The van der Waals surface area contributed by atoms with E-state index in [4.69, 9.17) is 14.5 Å². The second kappa shape index (κ2) is 7.85. The minimum atomic E-state index is 0.221. The Bertz CT molecular complexity index is 836. The summed E-state index contributed by atoms with van der Waals surface area (Å²) < 4.78 is 11.2. The summed E-state index contributed by atoms with van der Waals surface area (Å²) in [5.41, 5.74) is 2.24. The van der Waals surface area contributed by atoms with Crippen LogP contribution in [0.5, 0.6) is 11.5 Å². The minimum absolute atomic E-state index is 0.221. The van der Waals surface area contributed by atoms with Gasteiger partial charge in [-0.3, -0.25) is 9.88 Å². The van der Waals surface area contributed by atoms with Crippen molar-refractivity contribution in [3.8, 4) is 22.1 Å². The fourth-order valence-corrected chi connectivity index (χ4v) is 3.94. The van der Waals surface area contributed by atoms with E-state index in [-0.39, 0.29) is 6.10 Å². The smallest absolute Gasteiger partial charge is 0.138 e. The molecule has 134 valence electrons. The molecule has 4 rings (SSSR count). The van der Waals surface area contributed by atoms with Gasteiger partial charge in [0.15, 0.2) is 0 Å². The number of aromatic nitrogens is 2. The van der Waals surface area contributed by atoms with Gasteiger partial charge in [0, 0.05) is 36.8 Å². The van der Waals surface area contributed by atoms with Gasteiger partial charge in [0.1, 0.15) is 22.6 Å². The Balaban J connectivity index is 1.34. The van der Waals surface area contributed by atoms with Gasteiger partial charge in [0.2, 0.25) is 0 Å². The molecule has 0 aliphatic carbocycles. The number of ether oxygens (including phenoxy) is 2. The minimum Gasteiger partial charge on any atom is -0.497 e. The highest BCUT2D eigenvalue weighted by atomic mass is 32.1. The van der Waals surface area contributed by atoms with E-state index in [0.29, 0.717) is 0 Å². The van der Waals surface area contributed by atoms with E-state index in [1.54, 1.807) is 30.8 Å². The lowest BCUT2D eigenvalue weighted by Crippen LogP contribution is -2.24. The Labute approximate surface area is 157 Å². The van der Waals surface area contributed by atoms with Crippen LogP contribution >= 0.6 is 11.3 Å². The molecule has 1 atom stereocenters. The van der Waals surface area contributed by atoms with Crippen LogP contribution in [-0.2, 0) is 6.54 Å². The third kappa shape index (κ3) is 4.03. The van der Waals surface area contributed by atoms with Crippen molar-refractivity contribution in [3.63, 3.8) is 0 Å².